The highest BCUT2D eigenvalue weighted by Gasteiger charge is 2.08. The Balaban J connectivity index is 3.60. The second kappa shape index (κ2) is 8.01. The predicted octanol–water partition coefficient (Wildman–Crippen LogP) is 0.267. The normalized spacial score (nSPS) is 12.5. The zero-order valence-corrected chi connectivity index (χ0v) is 8.51. The fourth-order valence-electron chi connectivity index (χ4n) is 1.04. The number of amides is 1. The third-order valence-electron chi connectivity index (χ3n) is 1.81. The van der Waals surface area contributed by atoms with E-state index in [4.69, 9.17) is 10.5 Å². The van der Waals surface area contributed by atoms with E-state index in [2.05, 4.69) is 5.32 Å². The molecule has 0 saturated heterocycles. The first-order valence-corrected chi connectivity index (χ1v) is 4.81. The van der Waals surface area contributed by atoms with Gasteiger partial charge in [0.1, 0.15) is 6.61 Å². The first-order valence-electron chi connectivity index (χ1n) is 4.81. The fraction of sp³-hybridized carbons (Fsp3) is 0.889. The van der Waals surface area contributed by atoms with Crippen molar-refractivity contribution in [1.82, 2.24) is 5.32 Å². The van der Waals surface area contributed by atoms with E-state index in [9.17, 15) is 4.79 Å². The van der Waals surface area contributed by atoms with Crippen molar-refractivity contribution in [2.75, 3.05) is 19.8 Å². The summed E-state index contributed by atoms with van der Waals surface area (Å²) in [5, 5.41) is 2.86. The zero-order valence-electron chi connectivity index (χ0n) is 8.51. The van der Waals surface area contributed by atoms with Crippen LogP contribution in [-0.4, -0.2) is 31.7 Å². The minimum absolute atomic E-state index is 0.0536. The van der Waals surface area contributed by atoms with Crippen molar-refractivity contribution in [3.05, 3.63) is 0 Å². The van der Waals surface area contributed by atoms with Gasteiger partial charge in [-0.25, -0.2) is 0 Å². The molecule has 13 heavy (non-hydrogen) atoms. The van der Waals surface area contributed by atoms with Crippen LogP contribution in [0, 0.1) is 0 Å². The number of rotatable bonds is 7. The molecule has 0 spiro atoms. The molecule has 1 amide bonds. The van der Waals surface area contributed by atoms with E-state index in [1.807, 2.05) is 13.8 Å². The van der Waals surface area contributed by atoms with Crippen LogP contribution in [0.1, 0.15) is 26.7 Å². The molecule has 0 heterocycles. The van der Waals surface area contributed by atoms with Crippen LogP contribution in [-0.2, 0) is 9.53 Å². The van der Waals surface area contributed by atoms with Gasteiger partial charge in [0.2, 0.25) is 5.91 Å². The average molecular weight is 188 g/mol. The maximum Gasteiger partial charge on any atom is 0.246 e. The summed E-state index contributed by atoms with van der Waals surface area (Å²) in [6.07, 6.45) is 1.74. The standard InChI is InChI=1S/C9H20N2O2/c1-3-8(5-6-10)11-9(12)7-13-4-2/h8H,3-7,10H2,1-2H3,(H,11,12). The van der Waals surface area contributed by atoms with Gasteiger partial charge in [0, 0.05) is 12.6 Å². The summed E-state index contributed by atoms with van der Waals surface area (Å²) < 4.78 is 4.98. The molecule has 1 unspecified atom stereocenters. The predicted molar refractivity (Wildman–Crippen MR) is 52.4 cm³/mol. The fourth-order valence-corrected chi connectivity index (χ4v) is 1.04. The summed E-state index contributed by atoms with van der Waals surface area (Å²) in [5.74, 6) is -0.0536. The minimum Gasteiger partial charge on any atom is -0.372 e. The molecule has 0 aromatic rings. The molecular formula is C9H20N2O2. The molecule has 1 atom stereocenters. The molecule has 0 aliphatic heterocycles. The van der Waals surface area contributed by atoms with Crippen LogP contribution >= 0.6 is 0 Å². The van der Waals surface area contributed by atoms with Gasteiger partial charge < -0.3 is 15.8 Å². The zero-order chi connectivity index (χ0) is 10.1. The molecule has 0 rings (SSSR count). The van der Waals surface area contributed by atoms with E-state index < -0.39 is 0 Å². The number of carbonyl (C=O) groups excluding carboxylic acids is 1. The van der Waals surface area contributed by atoms with Crippen molar-refractivity contribution in [3.63, 3.8) is 0 Å². The van der Waals surface area contributed by atoms with Gasteiger partial charge in [-0.1, -0.05) is 6.92 Å². The van der Waals surface area contributed by atoms with Crippen molar-refractivity contribution in [1.29, 1.82) is 0 Å². The smallest absolute Gasteiger partial charge is 0.246 e. The lowest BCUT2D eigenvalue weighted by Gasteiger charge is -2.15. The quantitative estimate of drug-likeness (QED) is 0.602. The Morgan fingerprint density at radius 3 is 2.69 bits per heavy atom. The lowest BCUT2D eigenvalue weighted by atomic mass is 10.1. The number of carbonyl (C=O) groups is 1. The van der Waals surface area contributed by atoms with Gasteiger partial charge in [-0.15, -0.1) is 0 Å². The molecule has 4 heteroatoms. The average Bonchev–Trinajstić information content (AvgIpc) is 2.14. The van der Waals surface area contributed by atoms with Crippen molar-refractivity contribution >= 4 is 5.91 Å². The van der Waals surface area contributed by atoms with Gasteiger partial charge in [-0.2, -0.15) is 0 Å². The van der Waals surface area contributed by atoms with Crippen LogP contribution in [0.5, 0.6) is 0 Å². The Bertz CT molecular complexity index is 140. The van der Waals surface area contributed by atoms with Crippen LogP contribution in [0.3, 0.4) is 0 Å². The lowest BCUT2D eigenvalue weighted by molar-refractivity contribution is -0.126. The van der Waals surface area contributed by atoms with E-state index in [0.29, 0.717) is 13.2 Å². The van der Waals surface area contributed by atoms with Crippen LogP contribution < -0.4 is 11.1 Å². The molecule has 0 aromatic carbocycles. The van der Waals surface area contributed by atoms with Gasteiger partial charge in [-0.3, -0.25) is 4.79 Å². The lowest BCUT2D eigenvalue weighted by Crippen LogP contribution is -2.38. The number of hydrogen-bond donors (Lipinski definition) is 2. The number of nitrogens with one attached hydrogen (secondary N) is 1. The second-order valence-electron chi connectivity index (χ2n) is 2.89. The Labute approximate surface area is 79.8 Å². The molecule has 0 aliphatic carbocycles. The van der Waals surface area contributed by atoms with Crippen LogP contribution in [0.4, 0.5) is 0 Å². The van der Waals surface area contributed by atoms with Gasteiger partial charge in [0.25, 0.3) is 0 Å². The monoisotopic (exact) mass is 188 g/mol. The van der Waals surface area contributed by atoms with Crippen molar-refractivity contribution < 1.29 is 9.53 Å². The van der Waals surface area contributed by atoms with Crippen molar-refractivity contribution in [2.45, 2.75) is 32.7 Å². The highest BCUT2D eigenvalue weighted by atomic mass is 16.5. The molecule has 0 fully saturated rings. The van der Waals surface area contributed by atoms with Crippen LogP contribution in [0.15, 0.2) is 0 Å². The van der Waals surface area contributed by atoms with Gasteiger partial charge in [-0.05, 0) is 26.3 Å². The Hall–Kier alpha value is -0.610. The maximum absolute atomic E-state index is 11.2. The number of nitrogens with two attached hydrogens (primary N) is 1. The maximum atomic E-state index is 11.2. The highest BCUT2D eigenvalue weighted by Crippen LogP contribution is 1.95. The van der Waals surface area contributed by atoms with Gasteiger partial charge in [0.05, 0.1) is 0 Å². The highest BCUT2D eigenvalue weighted by molar-refractivity contribution is 5.77. The van der Waals surface area contributed by atoms with Gasteiger partial charge >= 0.3 is 0 Å². The van der Waals surface area contributed by atoms with Gasteiger partial charge in [0.15, 0.2) is 0 Å². The van der Waals surface area contributed by atoms with E-state index in [1.165, 1.54) is 0 Å². The van der Waals surface area contributed by atoms with E-state index in [-0.39, 0.29) is 18.6 Å². The van der Waals surface area contributed by atoms with Crippen molar-refractivity contribution in [2.24, 2.45) is 5.73 Å². The van der Waals surface area contributed by atoms with Crippen molar-refractivity contribution in [3.8, 4) is 0 Å². The summed E-state index contributed by atoms with van der Waals surface area (Å²) >= 11 is 0. The topological polar surface area (TPSA) is 64.3 Å². The summed E-state index contributed by atoms with van der Waals surface area (Å²) in [6, 6.07) is 0.193. The first-order chi connectivity index (χ1) is 6.24. The van der Waals surface area contributed by atoms with E-state index in [0.717, 1.165) is 12.8 Å². The summed E-state index contributed by atoms with van der Waals surface area (Å²) in [6.45, 7) is 5.22. The molecule has 0 radical (unpaired) electrons. The molecule has 3 N–H and O–H groups in total. The second-order valence-corrected chi connectivity index (χ2v) is 2.89. The third kappa shape index (κ3) is 6.54. The molecule has 0 aromatic heterocycles. The Morgan fingerprint density at radius 2 is 2.23 bits per heavy atom. The number of hydrogen-bond acceptors (Lipinski definition) is 3. The largest absolute Gasteiger partial charge is 0.372 e. The third-order valence-corrected chi connectivity index (χ3v) is 1.81. The van der Waals surface area contributed by atoms with Crippen LogP contribution in [0.2, 0.25) is 0 Å². The summed E-state index contributed by atoms with van der Waals surface area (Å²) in [7, 11) is 0. The molecule has 78 valence electrons. The van der Waals surface area contributed by atoms with E-state index >= 15 is 0 Å². The minimum atomic E-state index is -0.0536. The number of ether oxygens (including phenoxy) is 1. The molecule has 0 bridgehead atoms. The SMILES string of the molecule is CCOCC(=O)NC(CC)CCN. The first kappa shape index (κ1) is 12.4. The van der Waals surface area contributed by atoms with Crippen LogP contribution in [0.25, 0.3) is 0 Å². The molecule has 0 saturated carbocycles. The summed E-state index contributed by atoms with van der Waals surface area (Å²) in [4.78, 5) is 11.2. The molecular weight excluding hydrogens is 168 g/mol. The molecule has 0 aliphatic rings. The Kier molecular flexibility index (Phi) is 7.63. The Morgan fingerprint density at radius 1 is 1.54 bits per heavy atom. The summed E-state index contributed by atoms with van der Waals surface area (Å²) in [5.41, 5.74) is 5.40. The van der Waals surface area contributed by atoms with E-state index in [1.54, 1.807) is 0 Å². The molecule has 4 nitrogen and oxygen atoms in total.